The van der Waals surface area contributed by atoms with Crippen molar-refractivity contribution in [2.45, 2.75) is 26.8 Å². The summed E-state index contributed by atoms with van der Waals surface area (Å²) in [5, 5.41) is 0. The standard InChI is InChI=1S/C30H32N2O6/c1-5-32(30(33)38-27-16-14-25(35-4)15-17-27)20-22-6-10-26(11-7-22)36-19-18-28-21(2)37-29(31-28)23-8-12-24(34-3)13-9-23/h6-17H,5,18-20H2,1-4H3. The van der Waals surface area contributed by atoms with Crippen molar-refractivity contribution in [3.05, 3.63) is 89.8 Å². The minimum Gasteiger partial charge on any atom is -0.497 e. The van der Waals surface area contributed by atoms with Gasteiger partial charge in [0.15, 0.2) is 0 Å². The van der Waals surface area contributed by atoms with E-state index >= 15 is 0 Å². The molecule has 1 heterocycles. The molecule has 8 nitrogen and oxygen atoms in total. The van der Waals surface area contributed by atoms with Gasteiger partial charge in [0, 0.05) is 25.1 Å². The number of carbonyl (C=O) groups excluding carboxylic acids is 1. The van der Waals surface area contributed by atoms with Crippen LogP contribution in [0.1, 0.15) is 23.9 Å². The summed E-state index contributed by atoms with van der Waals surface area (Å²) in [5.74, 6) is 4.05. The molecule has 1 amide bonds. The molecule has 0 aliphatic heterocycles. The Morgan fingerprint density at radius 3 is 2.03 bits per heavy atom. The fourth-order valence-electron chi connectivity index (χ4n) is 3.81. The van der Waals surface area contributed by atoms with E-state index in [9.17, 15) is 4.79 Å². The summed E-state index contributed by atoms with van der Waals surface area (Å²) >= 11 is 0. The summed E-state index contributed by atoms with van der Waals surface area (Å²) in [7, 11) is 3.23. The highest BCUT2D eigenvalue weighted by atomic mass is 16.6. The number of ether oxygens (including phenoxy) is 4. The maximum absolute atomic E-state index is 12.6. The fourth-order valence-corrected chi connectivity index (χ4v) is 3.81. The quantitative estimate of drug-likeness (QED) is 0.231. The first-order valence-electron chi connectivity index (χ1n) is 12.4. The highest BCUT2D eigenvalue weighted by Crippen LogP contribution is 2.25. The van der Waals surface area contributed by atoms with Gasteiger partial charge in [-0.2, -0.15) is 0 Å². The van der Waals surface area contributed by atoms with Gasteiger partial charge in [-0.1, -0.05) is 12.1 Å². The van der Waals surface area contributed by atoms with Crippen LogP contribution in [0.2, 0.25) is 0 Å². The normalized spacial score (nSPS) is 10.6. The van der Waals surface area contributed by atoms with E-state index in [4.69, 9.17) is 23.4 Å². The zero-order valence-electron chi connectivity index (χ0n) is 22.1. The fraction of sp³-hybridized carbons (Fsp3) is 0.267. The monoisotopic (exact) mass is 516 g/mol. The van der Waals surface area contributed by atoms with Crippen LogP contribution in [0, 0.1) is 6.92 Å². The summed E-state index contributed by atoms with van der Waals surface area (Å²) in [6.45, 7) is 5.23. The van der Waals surface area contributed by atoms with Crippen molar-refractivity contribution in [2.24, 2.45) is 0 Å². The Kier molecular flexibility index (Phi) is 8.87. The van der Waals surface area contributed by atoms with Gasteiger partial charge in [-0.25, -0.2) is 9.78 Å². The van der Waals surface area contributed by atoms with Crippen LogP contribution < -0.4 is 18.9 Å². The van der Waals surface area contributed by atoms with Gasteiger partial charge in [0.25, 0.3) is 0 Å². The number of aryl methyl sites for hydroxylation is 1. The number of rotatable bonds is 11. The third-order valence-corrected chi connectivity index (χ3v) is 6.04. The van der Waals surface area contributed by atoms with Crippen molar-refractivity contribution in [3.8, 4) is 34.5 Å². The lowest BCUT2D eigenvalue weighted by Crippen LogP contribution is -2.32. The Hall–Kier alpha value is -4.46. The number of amides is 1. The molecule has 0 N–H and O–H groups in total. The molecule has 0 saturated heterocycles. The van der Waals surface area contributed by atoms with Gasteiger partial charge in [-0.05, 0) is 80.1 Å². The van der Waals surface area contributed by atoms with Gasteiger partial charge >= 0.3 is 6.09 Å². The molecule has 0 spiro atoms. The van der Waals surface area contributed by atoms with Crippen molar-refractivity contribution in [3.63, 3.8) is 0 Å². The molecule has 4 rings (SSSR count). The van der Waals surface area contributed by atoms with Crippen LogP contribution in [-0.2, 0) is 13.0 Å². The summed E-state index contributed by atoms with van der Waals surface area (Å²) in [6, 6.07) is 22.2. The van der Waals surface area contributed by atoms with Gasteiger partial charge in [-0.3, -0.25) is 0 Å². The van der Waals surface area contributed by atoms with Crippen LogP contribution >= 0.6 is 0 Å². The summed E-state index contributed by atoms with van der Waals surface area (Å²) in [5.41, 5.74) is 2.73. The zero-order chi connectivity index (χ0) is 26.9. The molecule has 0 aliphatic rings. The van der Waals surface area contributed by atoms with E-state index < -0.39 is 6.09 Å². The zero-order valence-corrected chi connectivity index (χ0v) is 22.1. The van der Waals surface area contributed by atoms with Gasteiger partial charge in [0.2, 0.25) is 5.89 Å². The Morgan fingerprint density at radius 1 is 0.842 bits per heavy atom. The number of aromatic nitrogens is 1. The van der Waals surface area contributed by atoms with Crippen LogP contribution in [-0.4, -0.2) is 43.3 Å². The first kappa shape index (κ1) is 26.6. The highest BCUT2D eigenvalue weighted by molar-refractivity contribution is 5.70. The van der Waals surface area contributed by atoms with E-state index in [0.29, 0.717) is 43.5 Å². The average Bonchev–Trinajstić information content (AvgIpc) is 3.33. The van der Waals surface area contributed by atoms with E-state index in [1.807, 2.05) is 62.4 Å². The molecule has 1 aromatic heterocycles. The van der Waals surface area contributed by atoms with Gasteiger partial charge in [-0.15, -0.1) is 0 Å². The van der Waals surface area contributed by atoms with E-state index in [-0.39, 0.29) is 0 Å². The molecule has 0 aliphatic carbocycles. The SMILES string of the molecule is CCN(Cc1ccc(OCCc2nc(-c3ccc(OC)cc3)oc2C)cc1)C(=O)Oc1ccc(OC)cc1. The molecule has 0 fully saturated rings. The molecule has 38 heavy (non-hydrogen) atoms. The topological polar surface area (TPSA) is 83.3 Å². The molecule has 8 heteroatoms. The molecular weight excluding hydrogens is 484 g/mol. The Bertz CT molecular complexity index is 1310. The molecule has 0 atom stereocenters. The van der Waals surface area contributed by atoms with E-state index in [0.717, 1.165) is 34.1 Å². The maximum Gasteiger partial charge on any atom is 0.415 e. The molecule has 0 unspecified atom stereocenters. The number of hydrogen-bond acceptors (Lipinski definition) is 7. The van der Waals surface area contributed by atoms with Gasteiger partial charge < -0.3 is 28.3 Å². The molecule has 198 valence electrons. The number of carbonyl (C=O) groups is 1. The van der Waals surface area contributed by atoms with E-state index in [1.54, 1.807) is 43.4 Å². The first-order chi connectivity index (χ1) is 18.5. The molecule has 0 saturated carbocycles. The predicted octanol–water partition coefficient (Wildman–Crippen LogP) is 6.31. The Balaban J connectivity index is 1.27. The lowest BCUT2D eigenvalue weighted by molar-refractivity contribution is 0.152. The lowest BCUT2D eigenvalue weighted by Gasteiger charge is -2.20. The molecule has 0 bridgehead atoms. The summed E-state index contributed by atoms with van der Waals surface area (Å²) in [6.07, 6.45) is 0.212. The van der Waals surface area contributed by atoms with Gasteiger partial charge in [0.1, 0.15) is 28.8 Å². The minimum absolute atomic E-state index is 0.407. The molecular formula is C30H32N2O6. The van der Waals surface area contributed by atoms with Crippen LogP contribution in [0.4, 0.5) is 4.79 Å². The number of oxazole rings is 1. The van der Waals surface area contributed by atoms with Crippen LogP contribution in [0.15, 0.2) is 77.2 Å². The second-order valence-electron chi connectivity index (χ2n) is 8.55. The summed E-state index contributed by atoms with van der Waals surface area (Å²) < 4.78 is 27.6. The largest absolute Gasteiger partial charge is 0.497 e. The predicted molar refractivity (Wildman–Crippen MR) is 144 cm³/mol. The van der Waals surface area contributed by atoms with Gasteiger partial charge in [0.05, 0.1) is 26.5 Å². The Labute approximate surface area is 222 Å². The second kappa shape index (κ2) is 12.7. The van der Waals surface area contributed by atoms with E-state index in [1.165, 1.54) is 0 Å². The summed E-state index contributed by atoms with van der Waals surface area (Å²) in [4.78, 5) is 18.9. The Morgan fingerprint density at radius 2 is 1.42 bits per heavy atom. The third kappa shape index (κ3) is 6.85. The molecule has 3 aromatic carbocycles. The molecule has 4 aromatic rings. The van der Waals surface area contributed by atoms with E-state index in [2.05, 4.69) is 4.98 Å². The number of methoxy groups -OCH3 is 2. The van der Waals surface area contributed by atoms with Crippen LogP contribution in [0.5, 0.6) is 23.0 Å². The maximum atomic E-state index is 12.6. The number of benzene rings is 3. The molecule has 0 radical (unpaired) electrons. The van der Waals surface area contributed by atoms with Crippen LogP contribution in [0.3, 0.4) is 0 Å². The number of hydrogen-bond donors (Lipinski definition) is 0. The lowest BCUT2D eigenvalue weighted by atomic mass is 10.2. The van der Waals surface area contributed by atoms with Crippen LogP contribution in [0.25, 0.3) is 11.5 Å². The highest BCUT2D eigenvalue weighted by Gasteiger charge is 2.15. The average molecular weight is 517 g/mol. The number of nitrogens with zero attached hydrogens (tertiary/aromatic N) is 2. The third-order valence-electron chi connectivity index (χ3n) is 6.04. The van der Waals surface area contributed by atoms with Crippen molar-refractivity contribution < 1.29 is 28.2 Å². The van der Waals surface area contributed by atoms with Crippen molar-refractivity contribution in [1.82, 2.24) is 9.88 Å². The van der Waals surface area contributed by atoms with Crippen molar-refractivity contribution in [2.75, 3.05) is 27.4 Å². The first-order valence-corrected chi connectivity index (χ1v) is 12.4. The van der Waals surface area contributed by atoms with Crippen molar-refractivity contribution >= 4 is 6.09 Å². The minimum atomic E-state index is -0.407. The second-order valence-corrected chi connectivity index (χ2v) is 8.55. The van der Waals surface area contributed by atoms with Crippen molar-refractivity contribution in [1.29, 1.82) is 0 Å². The smallest absolute Gasteiger partial charge is 0.415 e.